The van der Waals surface area contributed by atoms with Crippen LogP contribution in [0.4, 0.5) is 11.4 Å². The fraction of sp³-hybridized carbons (Fsp3) is 0.105. The van der Waals surface area contributed by atoms with Crippen LogP contribution in [0.2, 0.25) is 5.02 Å². The van der Waals surface area contributed by atoms with Crippen molar-refractivity contribution in [1.29, 1.82) is 0 Å². The van der Waals surface area contributed by atoms with E-state index in [2.05, 4.69) is 10.5 Å². The summed E-state index contributed by atoms with van der Waals surface area (Å²) >= 11 is 5.95. The molecule has 0 fully saturated rings. The fourth-order valence-electron chi connectivity index (χ4n) is 3.01. The Morgan fingerprint density at radius 1 is 1.17 bits per heavy atom. The SMILES string of the molecule is Cc1cc(/C=N/Nc2ccc(S(N)(=O)=O)cc2[N+](=O)[O-])c(C)n1-c1ccc(Cl)cc1. The van der Waals surface area contributed by atoms with Crippen LogP contribution >= 0.6 is 11.6 Å². The molecule has 0 bridgehead atoms. The van der Waals surface area contributed by atoms with E-state index in [0.29, 0.717) is 5.02 Å². The second-order valence-electron chi connectivity index (χ2n) is 6.49. The van der Waals surface area contributed by atoms with E-state index < -0.39 is 20.6 Å². The number of nitro groups is 1. The van der Waals surface area contributed by atoms with Crippen molar-refractivity contribution >= 4 is 39.2 Å². The van der Waals surface area contributed by atoms with Crippen molar-refractivity contribution < 1.29 is 13.3 Å². The van der Waals surface area contributed by atoms with Crippen LogP contribution in [0.3, 0.4) is 0 Å². The molecule has 0 aliphatic heterocycles. The second kappa shape index (κ2) is 8.27. The molecule has 0 atom stereocenters. The lowest BCUT2D eigenvalue weighted by Gasteiger charge is -2.09. The highest BCUT2D eigenvalue weighted by molar-refractivity contribution is 7.89. The van der Waals surface area contributed by atoms with Gasteiger partial charge in [-0.1, -0.05) is 11.6 Å². The molecular weight excluding hydrogens is 430 g/mol. The molecule has 3 aromatic rings. The third kappa shape index (κ3) is 4.51. The second-order valence-corrected chi connectivity index (χ2v) is 8.49. The summed E-state index contributed by atoms with van der Waals surface area (Å²) in [6.45, 7) is 3.87. The first-order valence-corrected chi connectivity index (χ1v) is 10.6. The van der Waals surface area contributed by atoms with Gasteiger partial charge in [-0.2, -0.15) is 5.10 Å². The molecule has 0 aliphatic carbocycles. The number of sulfonamides is 1. The molecule has 1 heterocycles. The van der Waals surface area contributed by atoms with Crippen molar-refractivity contribution in [2.75, 3.05) is 5.43 Å². The van der Waals surface area contributed by atoms with Crippen molar-refractivity contribution in [1.82, 2.24) is 4.57 Å². The van der Waals surface area contributed by atoms with Gasteiger partial charge in [0.2, 0.25) is 10.0 Å². The molecule has 0 spiro atoms. The Morgan fingerprint density at radius 2 is 1.83 bits per heavy atom. The minimum absolute atomic E-state index is 0.0372. The standard InChI is InChI=1S/C19H18ClN5O4S/c1-12-9-14(13(2)24(12)16-5-3-15(20)4-6-16)11-22-23-18-8-7-17(30(21,28)29)10-19(18)25(26)27/h3-11,23H,1-2H3,(H2,21,28,29)/b22-11+. The minimum atomic E-state index is -4.06. The maximum Gasteiger partial charge on any atom is 0.295 e. The highest BCUT2D eigenvalue weighted by Gasteiger charge is 2.19. The molecular formula is C19H18ClN5O4S. The van der Waals surface area contributed by atoms with Gasteiger partial charge in [0.1, 0.15) is 5.69 Å². The molecule has 0 amide bonds. The number of hydrogen-bond donors (Lipinski definition) is 2. The van der Waals surface area contributed by atoms with Crippen LogP contribution in [0.25, 0.3) is 5.69 Å². The molecule has 0 aliphatic rings. The molecule has 0 unspecified atom stereocenters. The molecule has 0 saturated heterocycles. The first-order chi connectivity index (χ1) is 14.1. The largest absolute Gasteiger partial charge is 0.318 e. The Bertz CT molecular complexity index is 1250. The van der Waals surface area contributed by atoms with E-state index in [-0.39, 0.29) is 10.6 Å². The molecule has 0 radical (unpaired) electrons. The number of benzene rings is 2. The Morgan fingerprint density at radius 3 is 2.43 bits per heavy atom. The monoisotopic (exact) mass is 447 g/mol. The van der Waals surface area contributed by atoms with E-state index in [4.69, 9.17) is 16.7 Å². The van der Waals surface area contributed by atoms with Gasteiger partial charge < -0.3 is 4.57 Å². The number of hydrogen-bond acceptors (Lipinski definition) is 6. The summed E-state index contributed by atoms with van der Waals surface area (Å²) in [6.07, 6.45) is 1.53. The summed E-state index contributed by atoms with van der Waals surface area (Å²) in [4.78, 5) is 10.2. The van der Waals surface area contributed by atoms with E-state index in [1.807, 2.05) is 36.6 Å². The highest BCUT2D eigenvalue weighted by atomic mass is 35.5. The summed E-state index contributed by atoms with van der Waals surface area (Å²) in [5, 5.41) is 21.0. The Kier molecular flexibility index (Phi) is 5.92. The maximum atomic E-state index is 11.4. The number of nitrogens with one attached hydrogen (secondary N) is 1. The van der Waals surface area contributed by atoms with Gasteiger partial charge >= 0.3 is 0 Å². The lowest BCUT2D eigenvalue weighted by atomic mass is 10.2. The van der Waals surface area contributed by atoms with Crippen molar-refractivity contribution in [3.05, 3.63) is 80.6 Å². The van der Waals surface area contributed by atoms with Crippen LogP contribution in [-0.2, 0) is 10.0 Å². The molecule has 30 heavy (non-hydrogen) atoms. The molecule has 3 rings (SSSR count). The average molecular weight is 448 g/mol. The zero-order valence-corrected chi connectivity index (χ0v) is 17.6. The summed E-state index contributed by atoms with van der Waals surface area (Å²) in [5.41, 5.74) is 5.81. The van der Waals surface area contributed by atoms with Gasteiger partial charge in [-0.25, -0.2) is 13.6 Å². The number of nitro benzene ring substituents is 1. The first kappa shape index (κ1) is 21.5. The Balaban J connectivity index is 1.88. The van der Waals surface area contributed by atoms with Crippen molar-refractivity contribution in [3.8, 4) is 5.69 Å². The van der Waals surface area contributed by atoms with E-state index in [1.165, 1.54) is 18.3 Å². The van der Waals surface area contributed by atoms with Crippen LogP contribution in [0.5, 0.6) is 0 Å². The number of anilines is 1. The number of hydrazone groups is 1. The average Bonchev–Trinajstić information content (AvgIpc) is 2.95. The summed E-state index contributed by atoms with van der Waals surface area (Å²) in [6, 6.07) is 12.6. The van der Waals surface area contributed by atoms with Gasteiger partial charge in [0.05, 0.1) is 16.0 Å². The summed E-state index contributed by atoms with van der Waals surface area (Å²) in [7, 11) is -4.06. The zero-order chi connectivity index (χ0) is 22.1. The van der Waals surface area contributed by atoms with Crippen molar-refractivity contribution in [2.24, 2.45) is 10.2 Å². The van der Waals surface area contributed by atoms with Gasteiger partial charge in [0, 0.05) is 33.7 Å². The molecule has 156 valence electrons. The fourth-order valence-corrected chi connectivity index (χ4v) is 3.67. The third-order valence-corrected chi connectivity index (χ3v) is 5.60. The maximum absolute atomic E-state index is 11.4. The first-order valence-electron chi connectivity index (χ1n) is 8.63. The van der Waals surface area contributed by atoms with Crippen LogP contribution in [0.1, 0.15) is 17.0 Å². The Hall–Kier alpha value is -3.21. The van der Waals surface area contributed by atoms with Crippen LogP contribution in [-0.4, -0.2) is 24.1 Å². The van der Waals surface area contributed by atoms with Gasteiger partial charge in [-0.3, -0.25) is 15.5 Å². The minimum Gasteiger partial charge on any atom is -0.318 e. The number of aryl methyl sites for hydroxylation is 1. The quantitative estimate of drug-likeness (QED) is 0.337. The van der Waals surface area contributed by atoms with Crippen LogP contribution in [0, 0.1) is 24.0 Å². The zero-order valence-electron chi connectivity index (χ0n) is 16.0. The molecule has 3 N–H and O–H groups in total. The third-order valence-electron chi connectivity index (χ3n) is 4.44. The molecule has 1 aromatic heterocycles. The normalized spacial score (nSPS) is 11.7. The number of nitrogens with two attached hydrogens (primary N) is 1. The smallest absolute Gasteiger partial charge is 0.295 e. The summed E-state index contributed by atoms with van der Waals surface area (Å²) < 4.78 is 24.9. The van der Waals surface area contributed by atoms with E-state index in [9.17, 15) is 18.5 Å². The van der Waals surface area contributed by atoms with Crippen molar-refractivity contribution in [2.45, 2.75) is 18.7 Å². The number of primary sulfonamides is 1. The van der Waals surface area contributed by atoms with Crippen LogP contribution in [0.15, 0.2) is 58.5 Å². The van der Waals surface area contributed by atoms with Crippen LogP contribution < -0.4 is 10.6 Å². The predicted octanol–water partition coefficient (Wildman–Crippen LogP) is 3.75. The number of rotatable bonds is 6. The van der Waals surface area contributed by atoms with Crippen molar-refractivity contribution in [3.63, 3.8) is 0 Å². The van der Waals surface area contributed by atoms with Gasteiger partial charge in [-0.05, 0) is 56.3 Å². The van der Waals surface area contributed by atoms with Gasteiger partial charge in [0.15, 0.2) is 0 Å². The van der Waals surface area contributed by atoms with E-state index >= 15 is 0 Å². The number of halogens is 1. The topological polar surface area (TPSA) is 133 Å². The molecule has 9 nitrogen and oxygen atoms in total. The lowest BCUT2D eigenvalue weighted by Crippen LogP contribution is -2.12. The van der Waals surface area contributed by atoms with E-state index in [1.54, 1.807) is 12.1 Å². The molecule has 11 heteroatoms. The van der Waals surface area contributed by atoms with Gasteiger partial charge in [-0.15, -0.1) is 0 Å². The van der Waals surface area contributed by atoms with Gasteiger partial charge in [0.25, 0.3) is 5.69 Å². The Labute approximate surface area is 178 Å². The number of aromatic nitrogens is 1. The lowest BCUT2D eigenvalue weighted by molar-refractivity contribution is -0.384. The predicted molar refractivity (Wildman–Crippen MR) is 116 cm³/mol. The van der Waals surface area contributed by atoms with E-state index in [0.717, 1.165) is 28.7 Å². The number of nitrogens with zero attached hydrogens (tertiary/aromatic N) is 3. The molecule has 2 aromatic carbocycles. The molecule has 0 saturated carbocycles. The summed E-state index contributed by atoms with van der Waals surface area (Å²) in [5.74, 6) is 0. The highest BCUT2D eigenvalue weighted by Crippen LogP contribution is 2.27.